The molecule has 5 saturated carbocycles. The molecule has 5 aliphatic carbocycles. The molecule has 0 bridgehead atoms. The Morgan fingerprint density at radius 2 is 1.58 bits per heavy atom. The predicted octanol–water partition coefficient (Wildman–Crippen LogP) is 9.36. The van der Waals surface area contributed by atoms with Crippen LogP contribution in [0.25, 0.3) is 6.08 Å². The molecule has 0 unspecified atom stereocenters. The Labute approximate surface area is 271 Å². The summed E-state index contributed by atoms with van der Waals surface area (Å²) in [7, 11) is 1.65. The summed E-state index contributed by atoms with van der Waals surface area (Å²) in [5.41, 5.74) is 1.86. The molecule has 45 heavy (non-hydrogen) atoms. The number of aliphatic carboxylic acids is 1. The van der Waals surface area contributed by atoms with Crippen LogP contribution in [0.5, 0.6) is 5.75 Å². The minimum absolute atomic E-state index is 0.111. The highest BCUT2D eigenvalue weighted by atomic mass is 16.5. The molecule has 10 atom stereocenters. The summed E-state index contributed by atoms with van der Waals surface area (Å²) >= 11 is 0. The summed E-state index contributed by atoms with van der Waals surface area (Å²) in [5, 5.41) is 10.6. The number of carboxylic acid groups (broad SMARTS) is 1. The van der Waals surface area contributed by atoms with Crippen LogP contribution >= 0.6 is 0 Å². The third-order valence-electron chi connectivity index (χ3n) is 15.2. The van der Waals surface area contributed by atoms with E-state index in [-0.39, 0.29) is 39.7 Å². The fourth-order valence-corrected chi connectivity index (χ4v) is 12.8. The molecule has 1 aromatic rings. The van der Waals surface area contributed by atoms with Crippen molar-refractivity contribution < 1.29 is 24.2 Å². The number of methoxy groups -OCH3 is 1. The maximum Gasteiger partial charge on any atom is 0.331 e. The van der Waals surface area contributed by atoms with Crippen molar-refractivity contribution in [2.45, 2.75) is 112 Å². The number of hydrogen-bond acceptors (Lipinski definition) is 4. The molecule has 5 fully saturated rings. The van der Waals surface area contributed by atoms with Gasteiger partial charge in [-0.15, -0.1) is 0 Å². The predicted molar refractivity (Wildman–Crippen MR) is 179 cm³/mol. The Kier molecular flexibility index (Phi) is 7.93. The quantitative estimate of drug-likeness (QED) is 0.196. The van der Waals surface area contributed by atoms with E-state index in [1.165, 1.54) is 12.0 Å². The van der Waals surface area contributed by atoms with Crippen LogP contribution < -0.4 is 4.74 Å². The first-order chi connectivity index (χ1) is 21.1. The molecule has 0 spiro atoms. The molecule has 5 nitrogen and oxygen atoms in total. The zero-order valence-electron chi connectivity index (χ0n) is 28.8. The van der Waals surface area contributed by atoms with Gasteiger partial charge in [0.05, 0.1) is 12.5 Å². The van der Waals surface area contributed by atoms with Crippen LogP contribution in [-0.4, -0.2) is 30.3 Å². The summed E-state index contributed by atoms with van der Waals surface area (Å²) in [4.78, 5) is 26.0. The lowest BCUT2D eigenvalue weighted by molar-refractivity contribution is -0.250. The smallest absolute Gasteiger partial charge is 0.331 e. The van der Waals surface area contributed by atoms with E-state index in [1.54, 1.807) is 13.2 Å². The number of rotatable bonds is 6. The van der Waals surface area contributed by atoms with E-state index in [9.17, 15) is 14.7 Å². The normalized spacial score (nSPS) is 43.4. The molecule has 6 rings (SSSR count). The molecule has 1 N–H and O–H groups in total. The van der Waals surface area contributed by atoms with Crippen LogP contribution in [0.3, 0.4) is 0 Å². The molecule has 5 heteroatoms. The number of esters is 1. The van der Waals surface area contributed by atoms with Gasteiger partial charge >= 0.3 is 11.9 Å². The van der Waals surface area contributed by atoms with Gasteiger partial charge in [0.2, 0.25) is 0 Å². The monoisotopic (exact) mass is 616 g/mol. The Morgan fingerprint density at radius 1 is 0.867 bits per heavy atom. The number of ether oxygens (including phenoxy) is 2. The Morgan fingerprint density at radius 3 is 2.22 bits per heavy atom. The molecule has 0 heterocycles. The topological polar surface area (TPSA) is 72.8 Å². The van der Waals surface area contributed by atoms with Gasteiger partial charge in [-0.2, -0.15) is 0 Å². The Hall–Kier alpha value is -2.56. The van der Waals surface area contributed by atoms with E-state index < -0.39 is 11.4 Å². The highest BCUT2D eigenvalue weighted by Crippen LogP contribution is 2.77. The number of carboxylic acids is 1. The van der Waals surface area contributed by atoms with Gasteiger partial charge in [-0.3, -0.25) is 4.79 Å². The fraction of sp³-hybridized carbons (Fsp3) is 0.700. The first kappa shape index (κ1) is 32.4. The molecule has 246 valence electrons. The van der Waals surface area contributed by atoms with E-state index in [0.29, 0.717) is 23.7 Å². The number of fused-ring (bicyclic) bond motifs is 7. The largest absolute Gasteiger partial charge is 0.497 e. The van der Waals surface area contributed by atoms with Gasteiger partial charge < -0.3 is 14.6 Å². The second kappa shape index (κ2) is 11.0. The second-order valence-corrected chi connectivity index (χ2v) is 17.0. The summed E-state index contributed by atoms with van der Waals surface area (Å²) < 4.78 is 11.5. The lowest BCUT2D eigenvalue weighted by Crippen LogP contribution is -2.67. The molecule has 0 aliphatic heterocycles. The maximum absolute atomic E-state index is 13.1. The lowest BCUT2D eigenvalue weighted by atomic mass is 9.32. The average molecular weight is 617 g/mol. The minimum atomic E-state index is -0.580. The molecule has 1 aromatic carbocycles. The standard InChI is InChI=1S/C40H56O5/c1-25(2)28-17-22-40(35(42)43)24-23-38(6)29(34(28)40)14-15-31-37(5)20-19-32(36(3,4)30(37)18-21-39(31,38)7)45-33(41)16-11-26-9-12-27(44-8)13-10-26/h9-13,16,28-32,34H,1,14-15,17-24H2,2-8H3,(H,42,43)/b16-11+/t28-,29+,30-,31+,32-,34+,37-,38+,39+,40-/m0/s1. The number of benzene rings is 1. The average Bonchev–Trinajstić information content (AvgIpc) is 3.40. The van der Waals surface area contributed by atoms with E-state index in [1.807, 2.05) is 30.3 Å². The summed E-state index contributed by atoms with van der Waals surface area (Å²) in [5.74, 6) is 1.96. The Bertz CT molecular complexity index is 1380. The van der Waals surface area contributed by atoms with Gasteiger partial charge in [0.1, 0.15) is 11.9 Å². The second-order valence-electron chi connectivity index (χ2n) is 17.0. The summed E-state index contributed by atoms with van der Waals surface area (Å²) in [6.07, 6.45) is 13.4. The number of hydrogen-bond donors (Lipinski definition) is 1. The van der Waals surface area contributed by atoms with Crippen LogP contribution in [0.4, 0.5) is 0 Å². The van der Waals surface area contributed by atoms with Crippen molar-refractivity contribution in [3.05, 3.63) is 48.1 Å². The number of allylic oxidation sites excluding steroid dienone is 1. The van der Waals surface area contributed by atoms with Crippen molar-refractivity contribution in [3.63, 3.8) is 0 Å². The van der Waals surface area contributed by atoms with E-state index in [4.69, 9.17) is 9.47 Å². The summed E-state index contributed by atoms with van der Waals surface area (Å²) in [6, 6.07) is 7.66. The van der Waals surface area contributed by atoms with Crippen LogP contribution in [0.15, 0.2) is 42.5 Å². The molecule has 0 aromatic heterocycles. The molecular formula is C40H56O5. The third kappa shape index (κ3) is 4.67. The molecular weight excluding hydrogens is 560 g/mol. The Balaban J connectivity index is 1.23. The molecule has 0 radical (unpaired) electrons. The molecule has 0 saturated heterocycles. The first-order valence-electron chi connectivity index (χ1n) is 17.6. The number of carbonyl (C=O) groups is 2. The number of carbonyl (C=O) groups excluding carboxylic acids is 1. The van der Waals surface area contributed by atoms with Crippen LogP contribution in [0.2, 0.25) is 0 Å². The summed E-state index contributed by atoms with van der Waals surface area (Å²) in [6.45, 7) is 18.9. The van der Waals surface area contributed by atoms with Crippen LogP contribution in [0.1, 0.15) is 111 Å². The molecule has 5 aliphatic rings. The van der Waals surface area contributed by atoms with Gasteiger partial charge in [0.25, 0.3) is 0 Å². The van der Waals surface area contributed by atoms with Crippen molar-refractivity contribution in [1.29, 1.82) is 0 Å². The molecule has 0 amide bonds. The third-order valence-corrected chi connectivity index (χ3v) is 15.2. The van der Waals surface area contributed by atoms with Crippen molar-refractivity contribution in [3.8, 4) is 5.75 Å². The van der Waals surface area contributed by atoms with E-state index >= 15 is 0 Å². The highest BCUT2D eigenvalue weighted by Gasteiger charge is 2.72. The fourth-order valence-electron chi connectivity index (χ4n) is 12.8. The van der Waals surface area contributed by atoms with Crippen molar-refractivity contribution in [2.24, 2.45) is 56.7 Å². The first-order valence-corrected chi connectivity index (χ1v) is 17.6. The van der Waals surface area contributed by atoms with E-state index in [0.717, 1.165) is 69.1 Å². The highest BCUT2D eigenvalue weighted by molar-refractivity contribution is 5.87. The van der Waals surface area contributed by atoms with Gasteiger partial charge in [-0.1, -0.05) is 58.9 Å². The lowest BCUT2D eigenvalue weighted by Gasteiger charge is -2.72. The SMILES string of the molecule is C=C(C)[C@@H]1CC[C@]2(C(=O)O)CC[C@]3(C)[C@H](CC[C@@H]4[C@@]5(C)CC[C@H](OC(=O)/C=C/c6ccc(OC)cc6)C(C)(C)[C@@H]5CC[C@]43C)[C@@H]12. The maximum atomic E-state index is 13.1. The van der Waals surface area contributed by atoms with Gasteiger partial charge in [-0.25, -0.2) is 4.79 Å². The van der Waals surface area contributed by atoms with Crippen molar-refractivity contribution >= 4 is 18.0 Å². The van der Waals surface area contributed by atoms with Crippen LogP contribution in [0, 0.1) is 56.7 Å². The zero-order valence-corrected chi connectivity index (χ0v) is 28.8. The van der Waals surface area contributed by atoms with E-state index in [2.05, 4.69) is 48.1 Å². The van der Waals surface area contributed by atoms with Crippen LogP contribution in [-0.2, 0) is 14.3 Å². The van der Waals surface area contributed by atoms with Crippen molar-refractivity contribution in [2.75, 3.05) is 7.11 Å². The van der Waals surface area contributed by atoms with Crippen molar-refractivity contribution in [1.82, 2.24) is 0 Å². The minimum Gasteiger partial charge on any atom is -0.497 e. The van der Waals surface area contributed by atoms with Gasteiger partial charge in [0.15, 0.2) is 0 Å². The van der Waals surface area contributed by atoms with Gasteiger partial charge in [-0.05, 0) is 141 Å². The van der Waals surface area contributed by atoms with Gasteiger partial charge in [0, 0.05) is 11.5 Å². The zero-order chi connectivity index (χ0) is 32.6.